The molecule has 1 aliphatic carbocycles. The number of rotatable bonds is 10. The minimum atomic E-state index is -5.33. The van der Waals surface area contributed by atoms with Crippen molar-refractivity contribution < 1.29 is 92.4 Å². The molecule has 3 aliphatic rings. The fourth-order valence-corrected chi connectivity index (χ4v) is 6.20. The molecule has 1 aromatic carbocycles. The molecule has 19 nitrogen and oxygen atoms in total. The number of phenols is 1. The van der Waals surface area contributed by atoms with Crippen LogP contribution in [0.5, 0.6) is 5.75 Å². The van der Waals surface area contributed by atoms with Gasteiger partial charge in [-0.05, 0) is 24.1 Å². The largest absolute Gasteiger partial charge is 0.508 e. The number of benzene rings is 1. The van der Waals surface area contributed by atoms with Crippen molar-refractivity contribution in [2.75, 3.05) is 13.2 Å². The first-order valence-electron chi connectivity index (χ1n) is 13.9. The Hall–Kier alpha value is -3.09. The summed E-state index contributed by atoms with van der Waals surface area (Å²) in [4.78, 5) is 27.3. The number of aromatic hydroxyl groups is 1. The van der Waals surface area contributed by atoms with Gasteiger partial charge in [0.05, 0.1) is 18.8 Å². The molecule has 2 heterocycles. The maximum atomic E-state index is 13.8. The van der Waals surface area contributed by atoms with Crippen LogP contribution >= 0.6 is 0 Å². The van der Waals surface area contributed by atoms with E-state index in [1.165, 1.54) is 24.3 Å². The Morgan fingerprint density at radius 2 is 1.62 bits per heavy atom. The van der Waals surface area contributed by atoms with Gasteiger partial charge in [0, 0.05) is 6.42 Å². The van der Waals surface area contributed by atoms with E-state index < -0.39 is 131 Å². The molecule has 20 heteroatoms. The molecule has 11 atom stereocenters. The molecule has 1 aromatic rings. The van der Waals surface area contributed by atoms with Gasteiger partial charge in [0.1, 0.15) is 83.9 Å². The highest BCUT2D eigenvalue weighted by Crippen LogP contribution is 2.43. The van der Waals surface area contributed by atoms with E-state index in [0.29, 0.717) is 5.56 Å². The molecule has 0 amide bonds. The number of carbonyl (C=O) groups excluding carboxylic acids is 2. The molecule has 11 unspecified atom stereocenters. The predicted molar refractivity (Wildman–Crippen MR) is 149 cm³/mol. The van der Waals surface area contributed by atoms with Gasteiger partial charge in [-0.1, -0.05) is 12.1 Å². The van der Waals surface area contributed by atoms with E-state index in [1.807, 2.05) is 0 Å². The topological polar surface area (TPSA) is 339 Å². The molecule has 2 saturated heterocycles. The van der Waals surface area contributed by atoms with E-state index in [4.69, 9.17) is 14.0 Å². The maximum absolute atomic E-state index is 13.8. The van der Waals surface area contributed by atoms with Gasteiger partial charge in [0.25, 0.3) is 0 Å². The lowest BCUT2D eigenvalue weighted by atomic mass is 9.71. The molecule has 0 spiro atoms. The predicted octanol–water partition coefficient (Wildman–Crippen LogP) is -4.66. The summed E-state index contributed by atoms with van der Waals surface area (Å²) in [6.07, 6.45) is -23.0. The highest BCUT2D eigenvalue weighted by molar-refractivity contribution is 7.80. The van der Waals surface area contributed by atoms with Gasteiger partial charge < -0.3 is 65.6 Å². The Bertz CT molecular complexity index is 1520. The number of ketones is 2. The van der Waals surface area contributed by atoms with Crippen LogP contribution in [0.25, 0.3) is 0 Å². The van der Waals surface area contributed by atoms with Gasteiger partial charge >= 0.3 is 10.4 Å². The third-order valence-corrected chi connectivity index (χ3v) is 8.66. The highest BCUT2D eigenvalue weighted by Gasteiger charge is 2.63. The molecule has 4 rings (SSSR count). The van der Waals surface area contributed by atoms with Crippen LogP contribution in [0.4, 0.5) is 0 Å². The fourth-order valence-electron chi connectivity index (χ4n) is 5.67. The molecule has 2 fully saturated rings. The zero-order valence-electron chi connectivity index (χ0n) is 24.0. The molecule has 0 aromatic heterocycles. The van der Waals surface area contributed by atoms with E-state index in [0.717, 1.165) is 0 Å². The van der Waals surface area contributed by atoms with Gasteiger partial charge in [0.2, 0.25) is 11.4 Å². The van der Waals surface area contributed by atoms with Crippen molar-refractivity contribution >= 4 is 22.0 Å². The third kappa shape index (κ3) is 6.91. The summed E-state index contributed by atoms with van der Waals surface area (Å²) < 4.78 is 46.3. The van der Waals surface area contributed by atoms with Gasteiger partial charge in [-0.15, -0.1) is 0 Å². The first kappa shape index (κ1) is 36.7. The molecule has 2 aliphatic heterocycles. The van der Waals surface area contributed by atoms with Crippen molar-refractivity contribution in [3.8, 4) is 5.75 Å². The molecular weight excluding hydrogens is 660 g/mol. The van der Waals surface area contributed by atoms with Gasteiger partial charge in [0.15, 0.2) is 5.78 Å². The Morgan fingerprint density at radius 1 is 1.00 bits per heavy atom. The lowest BCUT2D eigenvalue weighted by molar-refractivity contribution is -0.263. The van der Waals surface area contributed by atoms with Crippen LogP contribution in [-0.2, 0) is 40.1 Å². The number of aliphatic hydroxyl groups is 10. The SMILES string of the molecule is O=C(CCc1ccc(O)cc1)C1=C(O)C(C(O)C2OCC(O)C(OS(=O)(=O)O)C2O)=C(O)C(O)(C2OC(CO)C(O)C(O)C2O)C1=O. The van der Waals surface area contributed by atoms with E-state index in [9.17, 15) is 74.2 Å². The molecule has 0 radical (unpaired) electrons. The second-order valence-corrected chi connectivity index (χ2v) is 12.3. The van der Waals surface area contributed by atoms with E-state index in [2.05, 4.69) is 4.18 Å². The second-order valence-electron chi connectivity index (χ2n) is 11.2. The summed E-state index contributed by atoms with van der Waals surface area (Å²) in [5.41, 5.74) is -5.80. The molecular formula is C27H34O19S. The van der Waals surface area contributed by atoms with Crippen LogP contribution in [0.1, 0.15) is 12.0 Å². The van der Waals surface area contributed by atoms with Crippen molar-refractivity contribution in [2.45, 2.75) is 79.5 Å². The van der Waals surface area contributed by atoms with Crippen molar-refractivity contribution in [3.05, 3.63) is 52.5 Å². The summed E-state index contributed by atoms with van der Waals surface area (Å²) >= 11 is 0. The number of phenolic OH excluding ortho intramolecular Hbond substituents is 1. The second kappa shape index (κ2) is 13.8. The molecule has 262 valence electrons. The number of carbonyl (C=O) groups is 2. The van der Waals surface area contributed by atoms with Gasteiger partial charge in [-0.2, -0.15) is 8.42 Å². The van der Waals surface area contributed by atoms with Gasteiger partial charge in [-0.25, -0.2) is 4.18 Å². The summed E-state index contributed by atoms with van der Waals surface area (Å²) in [7, 11) is -5.33. The van der Waals surface area contributed by atoms with E-state index in [-0.39, 0.29) is 12.2 Å². The quantitative estimate of drug-likeness (QED) is 0.0809. The van der Waals surface area contributed by atoms with Crippen molar-refractivity contribution in [3.63, 3.8) is 0 Å². The first-order valence-corrected chi connectivity index (χ1v) is 15.3. The lowest BCUT2D eigenvalue weighted by Gasteiger charge is -2.47. The number of hydrogen-bond acceptors (Lipinski definition) is 18. The highest BCUT2D eigenvalue weighted by atomic mass is 32.3. The zero-order valence-corrected chi connectivity index (χ0v) is 24.9. The normalized spacial score (nSPS) is 36.0. The van der Waals surface area contributed by atoms with Gasteiger partial charge in [-0.3, -0.25) is 14.1 Å². The van der Waals surface area contributed by atoms with Crippen LogP contribution in [0, 0.1) is 0 Å². The molecule has 0 bridgehead atoms. The van der Waals surface area contributed by atoms with Crippen LogP contribution in [-0.4, -0.2) is 161 Å². The van der Waals surface area contributed by atoms with Crippen LogP contribution < -0.4 is 0 Å². The minimum absolute atomic E-state index is 0.101. The zero-order chi connectivity index (χ0) is 35.2. The van der Waals surface area contributed by atoms with E-state index >= 15 is 0 Å². The van der Waals surface area contributed by atoms with Crippen molar-refractivity contribution in [2.24, 2.45) is 0 Å². The number of aliphatic hydroxyl groups excluding tert-OH is 9. The maximum Gasteiger partial charge on any atom is 0.397 e. The molecule has 0 saturated carbocycles. The van der Waals surface area contributed by atoms with Crippen LogP contribution in [0.2, 0.25) is 0 Å². The van der Waals surface area contributed by atoms with Crippen molar-refractivity contribution in [1.82, 2.24) is 0 Å². The average Bonchev–Trinajstić information content (AvgIpc) is 3.00. The first-order chi connectivity index (χ1) is 21.8. The Balaban J connectivity index is 1.83. The standard InChI is InChI=1S/C27H34O19S/c28-7-13-16(32)19(35)20(36)26(45-13)27(40)24(38)14(11(30)6-3-9-1-4-10(29)5-2-9)17(33)15(25(27)39)18(34)23-21(37)22(12(31)8-44-23)46-47(41,42)43/h1-2,4-5,12-13,16,18-23,26,28-29,31-37,39-40H,3,6-8H2,(H,41,42,43). The summed E-state index contributed by atoms with van der Waals surface area (Å²) in [6.45, 7) is -1.96. The Kier molecular flexibility index (Phi) is 10.8. The number of hydrogen-bond donors (Lipinski definition) is 12. The summed E-state index contributed by atoms with van der Waals surface area (Å²) in [5, 5.41) is 117. The Labute approximate surface area is 265 Å². The molecule has 12 N–H and O–H groups in total. The third-order valence-electron chi connectivity index (χ3n) is 8.19. The summed E-state index contributed by atoms with van der Waals surface area (Å²) in [5.74, 6) is -6.35. The number of Topliss-reactive ketones (excluding diaryl/α,β-unsaturated/α-hetero) is 2. The smallest absolute Gasteiger partial charge is 0.397 e. The number of aryl methyl sites for hydroxylation is 1. The minimum Gasteiger partial charge on any atom is -0.508 e. The number of ether oxygens (including phenoxy) is 2. The lowest BCUT2D eigenvalue weighted by Crippen LogP contribution is -2.69. The Morgan fingerprint density at radius 3 is 2.19 bits per heavy atom. The fraction of sp³-hybridized carbons (Fsp3) is 0.556. The average molecular weight is 695 g/mol. The molecule has 47 heavy (non-hydrogen) atoms. The van der Waals surface area contributed by atoms with Crippen LogP contribution in [0.3, 0.4) is 0 Å². The monoisotopic (exact) mass is 694 g/mol. The summed E-state index contributed by atoms with van der Waals surface area (Å²) in [6, 6.07) is 5.43. The van der Waals surface area contributed by atoms with E-state index in [1.54, 1.807) is 0 Å². The van der Waals surface area contributed by atoms with Crippen LogP contribution in [0.15, 0.2) is 46.9 Å². The van der Waals surface area contributed by atoms with Crippen molar-refractivity contribution in [1.29, 1.82) is 0 Å².